The third kappa shape index (κ3) is 40.5. The number of nitrogens with one attached hydrogen (secondary N) is 1. The summed E-state index contributed by atoms with van der Waals surface area (Å²) in [5, 5.41) is 13.4. The van der Waals surface area contributed by atoms with Gasteiger partial charge in [0.1, 0.15) is 0 Å². The molecule has 0 aromatic carbocycles. The predicted octanol–water partition coefficient (Wildman–Crippen LogP) is 14.0. The lowest BCUT2D eigenvalue weighted by Crippen LogP contribution is -2.47. The van der Waals surface area contributed by atoms with E-state index in [1.807, 2.05) is 0 Å². The third-order valence-electron chi connectivity index (χ3n) is 11.1. The van der Waals surface area contributed by atoms with Crippen LogP contribution in [0.5, 0.6) is 0 Å². The monoisotopic (exact) mass is 758 g/mol. The molecule has 0 radical (unpaired) electrons. The highest BCUT2D eigenvalue weighted by atomic mass is 32.2. The second-order valence-electron chi connectivity index (χ2n) is 16.4. The quantitative estimate of drug-likeness (QED) is 0.0424. The van der Waals surface area contributed by atoms with Gasteiger partial charge in [-0.05, 0) is 12.8 Å². The average molecular weight is 758 g/mol. The van der Waals surface area contributed by atoms with Crippen LogP contribution in [-0.2, 0) is 14.9 Å². The van der Waals surface area contributed by atoms with E-state index in [2.05, 4.69) is 19.2 Å². The summed E-state index contributed by atoms with van der Waals surface area (Å²) in [5.41, 5.74) is 0. The number of rotatable bonds is 43. The normalized spacial score (nSPS) is 13.1. The SMILES string of the molecule is CCCCCCCCCCCCCCCCCCCCCCCCCC(=O)NC(CS(=O)(=O)O)C(O)CCCCCCCCCCCCCCCC. The van der Waals surface area contributed by atoms with E-state index in [0.717, 1.165) is 38.5 Å². The maximum Gasteiger partial charge on any atom is 0.266 e. The molecule has 0 aromatic heterocycles. The lowest BCUT2D eigenvalue weighted by Gasteiger charge is -2.23. The van der Waals surface area contributed by atoms with Crippen LogP contribution in [0.3, 0.4) is 0 Å². The van der Waals surface area contributed by atoms with E-state index in [0.29, 0.717) is 12.8 Å². The molecule has 0 bridgehead atoms. The van der Waals surface area contributed by atoms with E-state index >= 15 is 0 Å². The first kappa shape index (κ1) is 51.3. The molecule has 0 aromatic rings. The van der Waals surface area contributed by atoms with Gasteiger partial charge in [-0.15, -0.1) is 0 Å². The van der Waals surface area contributed by atoms with Gasteiger partial charge in [0.25, 0.3) is 10.1 Å². The predicted molar refractivity (Wildman–Crippen MR) is 226 cm³/mol. The number of hydrogen-bond donors (Lipinski definition) is 3. The van der Waals surface area contributed by atoms with Crippen LogP contribution in [0.2, 0.25) is 0 Å². The number of hydrogen-bond acceptors (Lipinski definition) is 4. The van der Waals surface area contributed by atoms with Gasteiger partial charge in [0.05, 0.1) is 17.9 Å². The summed E-state index contributed by atoms with van der Waals surface area (Å²) in [7, 11) is -4.30. The maximum absolute atomic E-state index is 12.6. The van der Waals surface area contributed by atoms with Crippen LogP contribution in [0.1, 0.15) is 264 Å². The molecular formula is C45H91NO5S. The van der Waals surface area contributed by atoms with Crippen molar-refractivity contribution in [1.82, 2.24) is 5.32 Å². The fourth-order valence-electron chi connectivity index (χ4n) is 7.58. The van der Waals surface area contributed by atoms with Crippen molar-refractivity contribution >= 4 is 16.0 Å². The van der Waals surface area contributed by atoms with E-state index in [1.54, 1.807) is 0 Å². The molecule has 2 unspecified atom stereocenters. The highest BCUT2D eigenvalue weighted by Gasteiger charge is 2.26. The number of carbonyl (C=O) groups excluding carboxylic acids is 1. The van der Waals surface area contributed by atoms with Gasteiger partial charge in [0, 0.05) is 6.42 Å². The van der Waals surface area contributed by atoms with Crippen molar-refractivity contribution in [3.8, 4) is 0 Å². The zero-order chi connectivity index (χ0) is 38.2. The van der Waals surface area contributed by atoms with E-state index in [4.69, 9.17) is 0 Å². The van der Waals surface area contributed by atoms with Crippen molar-refractivity contribution < 1.29 is 22.9 Å². The highest BCUT2D eigenvalue weighted by molar-refractivity contribution is 7.85. The largest absolute Gasteiger partial charge is 0.391 e. The Balaban J connectivity index is 3.71. The Hall–Kier alpha value is -0.660. The number of amides is 1. The average Bonchev–Trinajstić information content (AvgIpc) is 3.11. The minimum absolute atomic E-state index is 0.239. The summed E-state index contributed by atoms with van der Waals surface area (Å²) in [4.78, 5) is 12.6. The van der Waals surface area contributed by atoms with Gasteiger partial charge in [-0.25, -0.2) is 0 Å². The molecule has 2 atom stereocenters. The number of carbonyl (C=O) groups is 1. The Morgan fingerprint density at radius 1 is 0.442 bits per heavy atom. The van der Waals surface area contributed by atoms with Gasteiger partial charge < -0.3 is 10.4 Å². The molecule has 0 saturated heterocycles. The molecule has 0 aliphatic carbocycles. The number of unbranched alkanes of at least 4 members (excludes halogenated alkanes) is 35. The van der Waals surface area contributed by atoms with Crippen LogP contribution in [0, 0.1) is 0 Å². The molecule has 0 aliphatic heterocycles. The zero-order valence-electron chi connectivity index (χ0n) is 35.0. The Kier molecular flexibility index (Phi) is 39.5. The first-order valence-electron chi connectivity index (χ1n) is 23.2. The second-order valence-corrected chi connectivity index (χ2v) is 17.9. The van der Waals surface area contributed by atoms with Crippen molar-refractivity contribution in [2.45, 2.75) is 276 Å². The topological polar surface area (TPSA) is 104 Å². The fourth-order valence-corrected chi connectivity index (χ4v) is 8.33. The van der Waals surface area contributed by atoms with Crippen LogP contribution in [0.15, 0.2) is 0 Å². The number of aliphatic hydroxyl groups excluding tert-OH is 1. The van der Waals surface area contributed by atoms with Gasteiger partial charge in [-0.2, -0.15) is 8.42 Å². The molecule has 52 heavy (non-hydrogen) atoms. The number of aliphatic hydroxyl groups is 1. The van der Waals surface area contributed by atoms with Crippen molar-refractivity contribution in [2.24, 2.45) is 0 Å². The summed E-state index contributed by atoms with van der Waals surface area (Å²) in [6, 6.07) is -0.964. The Bertz CT molecular complexity index is 836. The standard InChI is InChI=1S/C45H91NO5S/c1-3-5-7-9-11-13-15-17-19-20-21-22-23-24-25-26-27-29-31-33-35-37-39-41-45(48)46-43(42-52(49,50)51)44(47)40-38-36-34-32-30-28-18-16-14-12-10-8-6-4-2/h43-44,47H,3-42H2,1-2H3,(H,46,48)(H,49,50,51). The molecule has 0 fully saturated rings. The molecule has 0 heterocycles. The smallest absolute Gasteiger partial charge is 0.266 e. The maximum atomic E-state index is 12.6. The summed E-state index contributed by atoms with van der Waals surface area (Å²) in [6.45, 7) is 4.54. The molecule has 6 nitrogen and oxygen atoms in total. The molecule has 0 spiro atoms. The van der Waals surface area contributed by atoms with Gasteiger partial charge in [-0.1, -0.05) is 245 Å². The molecule has 0 saturated carbocycles. The van der Waals surface area contributed by atoms with Gasteiger partial charge in [0.15, 0.2) is 0 Å². The van der Waals surface area contributed by atoms with Crippen molar-refractivity contribution in [1.29, 1.82) is 0 Å². The molecule has 3 N–H and O–H groups in total. The zero-order valence-corrected chi connectivity index (χ0v) is 35.8. The van der Waals surface area contributed by atoms with Crippen LogP contribution >= 0.6 is 0 Å². The summed E-state index contributed by atoms with van der Waals surface area (Å²) < 4.78 is 32.6. The lowest BCUT2D eigenvalue weighted by atomic mass is 10.0. The van der Waals surface area contributed by atoms with E-state index in [9.17, 15) is 22.9 Å². The van der Waals surface area contributed by atoms with Crippen molar-refractivity contribution in [3.05, 3.63) is 0 Å². The van der Waals surface area contributed by atoms with E-state index < -0.39 is 28.0 Å². The summed E-state index contributed by atoms with van der Waals surface area (Å²) in [5.74, 6) is -0.880. The minimum Gasteiger partial charge on any atom is -0.391 e. The first-order chi connectivity index (χ1) is 25.3. The first-order valence-corrected chi connectivity index (χ1v) is 24.8. The van der Waals surface area contributed by atoms with Crippen LogP contribution < -0.4 is 5.32 Å². The van der Waals surface area contributed by atoms with Gasteiger partial charge >= 0.3 is 0 Å². The Labute approximate surface area is 325 Å². The minimum atomic E-state index is -4.30. The van der Waals surface area contributed by atoms with E-state index in [-0.39, 0.29) is 5.91 Å². The van der Waals surface area contributed by atoms with Crippen LogP contribution in [0.25, 0.3) is 0 Å². The Morgan fingerprint density at radius 3 is 0.962 bits per heavy atom. The van der Waals surface area contributed by atoms with Crippen molar-refractivity contribution in [2.75, 3.05) is 5.75 Å². The molecule has 0 aliphatic rings. The third-order valence-corrected chi connectivity index (χ3v) is 11.8. The molecule has 1 amide bonds. The Morgan fingerprint density at radius 2 is 0.692 bits per heavy atom. The molecule has 7 heteroatoms. The van der Waals surface area contributed by atoms with E-state index in [1.165, 1.54) is 199 Å². The summed E-state index contributed by atoms with van der Waals surface area (Å²) in [6.07, 6.45) is 47.8. The van der Waals surface area contributed by atoms with Crippen LogP contribution in [0.4, 0.5) is 0 Å². The highest BCUT2D eigenvalue weighted by Crippen LogP contribution is 2.17. The molecule has 0 rings (SSSR count). The molecule has 312 valence electrons. The van der Waals surface area contributed by atoms with Crippen molar-refractivity contribution in [3.63, 3.8) is 0 Å². The summed E-state index contributed by atoms with van der Waals surface area (Å²) >= 11 is 0. The van der Waals surface area contributed by atoms with Gasteiger partial charge in [-0.3, -0.25) is 9.35 Å². The fraction of sp³-hybridized carbons (Fsp3) is 0.978. The van der Waals surface area contributed by atoms with Crippen LogP contribution in [-0.4, -0.2) is 41.9 Å². The van der Waals surface area contributed by atoms with Gasteiger partial charge in [0.2, 0.25) is 5.91 Å². The lowest BCUT2D eigenvalue weighted by molar-refractivity contribution is -0.122. The second kappa shape index (κ2) is 40.0. The molecular weight excluding hydrogens is 667 g/mol.